The molecule has 0 aliphatic heterocycles. The average Bonchev–Trinajstić information content (AvgIpc) is 2.80. The number of nitrogens with two attached hydrogens (primary N) is 1. The van der Waals surface area contributed by atoms with Gasteiger partial charge in [0.05, 0.1) is 5.56 Å². The Hall–Kier alpha value is -0.550. The third kappa shape index (κ3) is 2.88. The van der Waals surface area contributed by atoms with Gasteiger partial charge in [0.2, 0.25) is 0 Å². The summed E-state index contributed by atoms with van der Waals surface area (Å²) in [6.07, 6.45) is -0.0670. The third-order valence-corrected chi connectivity index (χ3v) is 4.31. The summed E-state index contributed by atoms with van der Waals surface area (Å²) in [6, 6.07) is 3.37. The first-order valence-corrected chi connectivity index (χ1v) is 6.81. The van der Waals surface area contributed by atoms with Crippen LogP contribution in [0.2, 0.25) is 0 Å². The van der Waals surface area contributed by atoms with E-state index in [1.54, 1.807) is 0 Å². The van der Waals surface area contributed by atoms with Gasteiger partial charge in [0.15, 0.2) is 0 Å². The Bertz CT molecular complexity index is 425. The van der Waals surface area contributed by atoms with E-state index < -0.39 is 11.7 Å². The molecule has 1 aliphatic rings. The number of alkyl halides is 3. The lowest BCUT2D eigenvalue weighted by Crippen LogP contribution is -2.20. The highest BCUT2D eigenvalue weighted by atomic mass is 79.9. The van der Waals surface area contributed by atoms with E-state index >= 15 is 0 Å². The lowest BCUT2D eigenvalue weighted by atomic mass is 9.91. The van der Waals surface area contributed by atoms with Crippen LogP contribution in [0.3, 0.4) is 0 Å². The van der Waals surface area contributed by atoms with Crippen molar-refractivity contribution in [3.63, 3.8) is 0 Å². The Balaban J connectivity index is 2.31. The van der Waals surface area contributed by atoms with Crippen LogP contribution in [0.15, 0.2) is 22.7 Å². The minimum atomic E-state index is -4.31. The zero-order chi connectivity index (χ0) is 13.3. The van der Waals surface area contributed by atoms with Crippen LogP contribution in [0, 0.1) is 5.92 Å². The summed E-state index contributed by atoms with van der Waals surface area (Å²) in [5.41, 5.74) is 6.05. The molecular formula is C13H15BrF3N. The second-order valence-corrected chi connectivity index (χ2v) is 5.66. The van der Waals surface area contributed by atoms with Crippen molar-refractivity contribution in [2.45, 2.75) is 37.9 Å². The van der Waals surface area contributed by atoms with Gasteiger partial charge in [-0.25, -0.2) is 0 Å². The first-order valence-electron chi connectivity index (χ1n) is 6.02. The van der Waals surface area contributed by atoms with Crippen LogP contribution in [-0.2, 0) is 6.18 Å². The van der Waals surface area contributed by atoms with Gasteiger partial charge in [0.25, 0.3) is 0 Å². The minimum absolute atomic E-state index is 0.296. The van der Waals surface area contributed by atoms with Crippen LogP contribution < -0.4 is 5.73 Å². The zero-order valence-electron chi connectivity index (χ0n) is 9.80. The van der Waals surface area contributed by atoms with Crippen molar-refractivity contribution in [3.8, 4) is 0 Å². The van der Waals surface area contributed by atoms with E-state index in [-0.39, 0.29) is 6.04 Å². The molecule has 0 radical (unpaired) electrons. The second-order valence-electron chi connectivity index (χ2n) is 4.80. The summed E-state index contributed by atoms with van der Waals surface area (Å²) < 4.78 is 38.7. The molecule has 100 valence electrons. The van der Waals surface area contributed by atoms with E-state index in [4.69, 9.17) is 5.73 Å². The fourth-order valence-electron chi connectivity index (χ4n) is 2.55. The van der Waals surface area contributed by atoms with Crippen molar-refractivity contribution in [2.75, 3.05) is 0 Å². The lowest BCUT2D eigenvalue weighted by Gasteiger charge is -2.21. The van der Waals surface area contributed by atoms with Crippen LogP contribution in [0.4, 0.5) is 13.2 Å². The molecule has 1 aromatic carbocycles. The molecule has 0 spiro atoms. The number of rotatable bonds is 2. The molecule has 0 heterocycles. The predicted molar refractivity (Wildman–Crippen MR) is 68.0 cm³/mol. The maximum Gasteiger partial charge on any atom is 0.416 e. The molecule has 1 aliphatic carbocycles. The Morgan fingerprint density at radius 2 is 1.83 bits per heavy atom. The molecule has 1 fully saturated rings. The molecular weight excluding hydrogens is 307 g/mol. The molecule has 2 rings (SSSR count). The van der Waals surface area contributed by atoms with Crippen LogP contribution in [0.1, 0.15) is 42.9 Å². The summed E-state index contributed by atoms with van der Waals surface area (Å²) in [7, 11) is 0. The highest BCUT2D eigenvalue weighted by Crippen LogP contribution is 2.39. The van der Waals surface area contributed by atoms with Gasteiger partial charge >= 0.3 is 6.18 Å². The first kappa shape index (κ1) is 13.9. The van der Waals surface area contributed by atoms with Gasteiger partial charge in [0.1, 0.15) is 0 Å². The fraction of sp³-hybridized carbons (Fsp3) is 0.538. The van der Waals surface area contributed by atoms with E-state index in [9.17, 15) is 13.2 Å². The molecule has 1 atom stereocenters. The largest absolute Gasteiger partial charge is 0.416 e. The normalized spacial score (nSPS) is 19.2. The van der Waals surface area contributed by atoms with E-state index in [1.165, 1.54) is 12.1 Å². The number of halogens is 4. The lowest BCUT2D eigenvalue weighted by molar-refractivity contribution is -0.137. The van der Waals surface area contributed by atoms with Crippen molar-refractivity contribution in [2.24, 2.45) is 11.7 Å². The van der Waals surface area contributed by atoms with Crippen LogP contribution in [0.25, 0.3) is 0 Å². The summed E-state index contributed by atoms with van der Waals surface area (Å²) >= 11 is 3.30. The van der Waals surface area contributed by atoms with E-state index in [0.717, 1.165) is 31.7 Å². The SMILES string of the molecule is NC(c1cc(C(F)(F)F)ccc1Br)C1CCCC1. The topological polar surface area (TPSA) is 26.0 Å². The maximum absolute atomic E-state index is 12.7. The van der Waals surface area contributed by atoms with Gasteiger partial charge in [-0.05, 0) is 42.5 Å². The summed E-state index contributed by atoms with van der Waals surface area (Å²) in [4.78, 5) is 0. The van der Waals surface area contributed by atoms with Gasteiger partial charge < -0.3 is 5.73 Å². The zero-order valence-corrected chi connectivity index (χ0v) is 11.4. The second kappa shape index (κ2) is 5.21. The van der Waals surface area contributed by atoms with Crippen LogP contribution in [-0.4, -0.2) is 0 Å². The Labute approximate surface area is 113 Å². The molecule has 1 aromatic rings. The van der Waals surface area contributed by atoms with E-state index in [2.05, 4.69) is 15.9 Å². The van der Waals surface area contributed by atoms with E-state index in [1.807, 2.05) is 0 Å². The highest BCUT2D eigenvalue weighted by molar-refractivity contribution is 9.10. The quantitative estimate of drug-likeness (QED) is 0.842. The smallest absolute Gasteiger partial charge is 0.324 e. The van der Waals surface area contributed by atoms with Gasteiger partial charge in [-0.2, -0.15) is 13.2 Å². The fourth-order valence-corrected chi connectivity index (χ4v) is 3.06. The maximum atomic E-state index is 12.7. The molecule has 0 aromatic heterocycles. The van der Waals surface area contributed by atoms with Crippen LogP contribution in [0.5, 0.6) is 0 Å². The van der Waals surface area contributed by atoms with Gasteiger partial charge in [-0.15, -0.1) is 0 Å². The average molecular weight is 322 g/mol. The predicted octanol–water partition coefficient (Wildman–Crippen LogP) is 4.66. The Morgan fingerprint density at radius 1 is 1.22 bits per heavy atom. The number of hydrogen-bond donors (Lipinski definition) is 1. The monoisotopic (exact) mass is 321 g/mol. The van der Waals surface area contributed by atoms with Crippen molar-refractivity contribution in [3.05, 3.63) is 33.8 Å². The number of hydrogen-bond acceptors (Lipinski definition) is 1. The molecule has 5 heteroatoms. The van der Waals surface area contributed by atoms with E-state index in [0.29, 0.717) is 16.0 Å². The third-order valence-electron chi connectivity index (χ3n) is 3.59. The molecule has 0 amide bonds. The molecule has 2 N–H and O–H groups in total. The molecule has 1 unspecified atom stereocenters. The summed E-state index contributed by atoms with van der Waals surface area (Å²) in [5, 5.41) is 0. The highest BCUT2D eigenvalue weighted by Gasteiger charge is 2.32. The summed E-state index contributed by atoms with van der Waals surface area (Å²) in [6.45, 7) is 0. The summed E-state index contributed by atoms with van der Waals surface area (Å²) in [5.74, 6) is 0.296. The van der Waals surface area contributed by atoms with Crippen molar-refractivity contribution < 1.29 is 13.2 Å². The first-order chi connectivity index (χ1) is 8.39. The van der Waals surface area contributed by atoms with Crippen LogP contribution >= 0.6 is 15.9 Å². The minimum Gasteiger partial charge on any atom is -0.324 e. The van der Waals surface area contributed by atoms with Gasteiger partial charge in [-0.1, -0.05) is 28.8 Å². The number of benzene rings is 1. The Kier molecular flexibility index (Phi) is 4.02. The molecule has 0 saturated heterocycles. The van der Waals surface area contributed by atoms with Crippen molar-refractivity contribution in [1.29, 1.82) is 0 Å². The Morgan fingerprint density at radius 3 is 2.39 bits per heavy atom. The van der Waals surface area contributed by atoms with Crippen molar-refractivity contribution >= 4 is 15.9 Å². The molecule has 0 bridgehead atoms. The standard InChI is InChI=1S/C13H15BrF3N/c14-11-6-5-9(13(15,16)17)7-10(11)12(18)8-3-1-2-4-8/h5-8,12H,1-4,18H2. The van der Waals surface area contributed by atoms with Crippen molar-refractivity contribution in [1.82, 2.24) is 0 Å². The molecule has 1 saturated carbocycles. The molecule has 1 nitrogen and oxygen atoms in total. The van der Waals surface area contributed by atoms with Gasteiger partial charge in [-0.3, -0.25) is 0 Å². The van der Waals surface area contributed by atoms with Gasteiger partial charge in [0, 0.05) is 10.5 Å². The molecule has 18 heavy (non-hydrogen) atoms.